The number of hydrogen-bond acceptors (Lipinski definition) is 4. The van der Waals surface area contributed by atoms with Gasteiger partial charge in [0.2, 0.25) is 0 Å². The Bertz CT molecular complexity index is 509. The highest BCUT2D eigenvalue weighted by molar-refractivity contribution is 9.10. The average Bonchev–Trinajstić information content (AvgIpc) is 2.33. The minimum absolute atomic E-state index is 0.385. The van der Waals surface area contributed by atoms with Crippen LogP contribution in [0.2, 0.25) is 0 Å². The lowest BCUT2D eigenvalue weighted by molar-refractivity contribution is 0.100. The third-order valence-electron chi connectivity index (χ3n) is 3.58. The van der Waals surface area contributed by atoms with Crippen LogP contribution in [0.5, 0.6) is 0 Å². The topological polar surface area (TPSA) is 72.3 Å². The molecule has 0 aromatic heterocycles. The molecule has 104 valence electrons. The monoisotopic (exact) mass is 343 g/mol. The van der Waals surface area contributed by atoms with Gasteiger partial charge in [0.25, 0.3) is 5.91 Å². The van der Waals surface area contributed by atoms with Crippen LogP contribution in [0.15, 0.2) is 16.6 Å². The zero-order valence-electron chi connectivity index (χ0n) is 11.0. The van der Waals surface area contributed by atoms with E-state index in [9.17, 15) is 4.79 Å². The van der Waals surface area contributed by atoms with Gasteiger partial charge >= 0.3 is 0 Å². The van der Waals surface area contributed by atoms with Gasteiger partial charge in [-0.1, -0.05) is 6.92 Å². The molecule has 1 aromatic carbocycles. The van der Waals surface area contributed by atoms with Crippen LogP contribution < -0.4 is 16.4 Å². The van der Waals surface area contributed by atoms with E-state index in [1.54, 1.807) is 12.1 Å². The van der Waals surface area contributed by atoms with E-state index in [2.05, 4.69) is 34.7 Å². The molecule has 1 aliphatic rings. The molecule has 1 saturated heterocycles. The smallest absolute Gasteiger partial charge is 0.250 e. The van der Waals surface area contributed by atoms with Crippen molar-refractivity contribution in [3.8, 4) is 0 Å². The SMILES string of the molecule is CC1SCCN(c2cc(C(N)=O)c(N)cc2Br)C1C. The van der Waals surface area contributed by atoms with Gasteiger partial charge in [0.1, 0.15) is 0 Å². The second-order valence-electron chi connectivity index (χ2n) is 4.77. The number of rotatable bonds is 2. The summed E-state index contributed by atoms with van der Waals surface area (Å²) in [7, 11) is 0. The molecule has 4 N–H and O–H groups in total. The summed E-state index contributed by atoms with van der Waals surface area (Å²) < 4.78 is 0.904. The third-order valence-corrected chi connectivity index (χ3v) is 5.55. The van der Waals surface area contributed by atoms with Gasteiger partial charge in [-0.25, -0.2) is 0 Å². The second kappa shape index (κ2) is 5.63. The quantitative estimate of drug-likeness (QED) is 0.809. The standard InChI is InChI=1S/C13H18BrN3OS/c1-7-8(2)19-4-3-17(7)12-5-9(13(16)18)11(15)6-10(12)14/h5-8H,3-4,15H2,1-2H3,(H2,16,18). The van der Waals surface area contributed by atoms with Gasteiger partial charge in [-0.15, -0.1) is 0 Å². The summed E-state index contributed by atoms with van der Waals surface area (Å²) in [6, 6.07) is 3.95. The van der Waals surface area contributed by atoms with Crippen molar-refractivity contribution >= 4 is 45.0 Å². The maximum Gasteiger partial charge on any atom is 0.250 e. The number of benzene rings is 1. The minimum atomic E-state index is -0.488. The summed E-state index contributed by atoms with van der Waals surface area (Å²) in [5.74, 6) is 0.590. The lowest BCUT2D eigenvalue weighted by Gasteiger charge is -2.40. The van der Waals surface area contributed by atoms with Gasteiger partial charge in [0.05, 0.1) is 11.3 Å². The van der Waals surface area contributed by atoms with Crippen LogP contribution in [0, 0.1) is 0 Å². The zero-order valence-corrected chi connectivity index (χ0v) is 13.4. The molecule has 1 aromatic rings. The number of halogens is 1. The molecule has 1 fully saturated rings. The summed E-state index contributed by atoms with van der Waals surface area (Å²) >= 11 is 5.50. The van der Waals surface area contributed by atoms with Crippen molar-refractivity contribution in [3.63, 3.8) is 0 Å². The molecule has 2 atom stereocenters. The van der Waals surface area contributed by atoms with Gasteiger partial charge in [-0.05, 0) is 35.0 Å². The number of nitrogen functional groups attached to an aromatic ring is 1. The summed E-state index contributed by atoms with van der Waals surface area (Å²) in [6.45, 7) is 5.38. The van der Waals surface area contributed by atoms with Crippen molar-refractivity contribution in [2.24, 2.45) is 5.73 Å². The van der Waals surface area contributed by atoms with Crippen LogP contribution in [-0.2, 0) is 0 Å². The molecule has 0 bridgehead atoms. The lowest BCUT2D eigenvalue weighted by Crippen LogP contribution is -2.45. The van der Waals surface area contributed by atoms with Crippen molar-refractivity contribution in [2.45, 2.75) is 25.1 Å². The maximum atomic E-state index is 11.4. The summed E-state index contributed by atoms with van der Waals surface area (Å²) in [5.41, 5.74) is 13.0. The van der Waals surface area contributed by atoms with E-state index in [-0.39, 0.29) is 0 Å². The van der Waals surface area contributed by atoms with E-state index in [0.717, 1.165) is 22.5 Å². The molecular weight excluding hydrogens is 326 g/mol. The van der Waals surface area contributed by atoms with Gasteiger partial charge in [-0.3, -0.25) is 4.79 Å². The summed E-state index contributed by atoms with van der Waals surface area (Å²) in [6.07, 6.45) is 0. The number of nitrogens with zero attached hydrogens (tertiary/aromatic N) is 1. The fourth-order valence-corrected chi connectivity index (χ4v) is 3.97. The highest BCUT2D eigenvalue weighted by atomic mass is 79.9. The fraction of sp³-hybridized carbons (Fsp3) is 0.462. The first kappa shape index (κ1) is 14.5. The van der Waals surface area contributed by atoms with E-state index < -0.39 is 5.91 Å². The molecule has 6 heteroatoms. The Morgan fingerprint density at radius 3 is 2.79 bits per heavy atom. The molecule has 0 radical (unpaired) electrons. The van der Waals surface area contributed by atoms with Crippen LogP contribution in [0.25, 0.3) is 0 Å². The Kier molecular flexibility index (Phi) is 4.30. The van der Waals surface area contributed by atoms with Crippen molar-refractivity contribution < 1.29 is 4.79 Å². The first-order valence-electron chi connectivity index (χ1n) is 6.19. The summed E-state index contributed by atoms with van der Waals surface area (Å²) in [5, 5.41) is 0.551. The van der Waals surface area contributed by atoms with Crippen molar-refractivity contribution in [1.29, 1.82) is 0 Å². The number of nitrogens with two attached hydrogens (primary N) is 2. The Balaban J connectivity index is 2.44. The molecule has 0 aliphatic carbocycles. The lowest BCUT2D eigenvalue weighted by atomic mass is 10.1. The number of carbonyl (C=O) groups is 1. The van der Waals surface area contributed by atoms with E-state index in [0.29, 0.717) is 22.5 Å². The Morgan fingerprint density at radius 1 is 1.47 bits per heavy atom. The number of carbonyl (C=O) groups excluding carboxylic acids is 1. The molecule has 1 aliphatic heterocycles. The molecule has 1 heterocycles. The number of thioether (sulfide) groups is 1. The van der Waals surface area contributed by atoms with Crippen LogP contribution >= 0.6 is 27.7 Å². The molecule has 0 spiro atoms. The van der Waals surface area contributed by atoms with Gasteiger partial charge in [0.15, 0.2) is 0 Å². The maximum absolute atomic E-state index is 11.4. The van der Waals surface area contributed by atoms with Crippen LogP contribution in [0.3, 0.4) is 0 Å². The Morgan fingerprint density at radius 2 is 2.16 bits per heavy atom. The molecule has 0 saturated carbocycles. The van der Waals surface area contributed by atoms with Gasteiger partial charge < -0.3 is 16.4 Å². The molecule has 1 amide bonds. The number of amides is 1. The second-order valence-corrected chi connectivity index (χ2v) is 7.10. The van der Waals surface area contributed by atoms with Crippen molar-refractivity contribution in [1.82, 2.24) is 0 Å². The first-order valence-corrected chi connectivity index (χ1v) is 8.03. The number of hydrogen-bond donors (Lipinski definition) is 2. The molecule has 2 rings (SSSR count). The average molecular weight is 344 g/mol. The normalized spacial score (nSPS) is 23.4. The van der Waals surface area contributed by atoms with E-state index in [1.807, 2.05) is 11.8 Å². The van der Waals surface area contributed by atoms with Gasteiger partial charge in [0, 0.05) is 33.7 Å². The zero-order chi connectivity index (χ0) is 14.2. The predicted octanol–water partition coefficient (Wildman–Crippen LogP) is 2.46. The largest absolute Gasteiger partial charge is 0.398 e. The van der Waals surface area contributed by atoms with Crippen LogP contribution in [-0.4, -0.2) is 29.5 Å². The highest BCUT2D eigenvalue weighted by Gasteiger charge is 2.27. The van der Waals surface area contributed by atoms with E-state index in [1.165, 1.54) is 0 Å². The van der Waals surface area contributed by atoms with E-state index in [4.69, 9.17) is 11.5 Å². The number of anilines is 2. The third kappa shape index (κ3) is 2.84. The van der Waals surface area contributed by atoms with E-state index >= 15 is 0 Å². The first-order chi connectivity index (χ1) is 8.91. The molecule has 2 unspecified atom stereocenters. The van der Waals surface area contributed by atoms with Crippen molar-refractivity contribution in [3.05, 3.63) is 22.2 Å². The predicted molar refractivity (Wildman–Crippen MR) is 85.8 cm³/mol. The molecule has 19 heavy (non-hydrogen) atoms. The van der Waals surface area contributed by atoms with Gasteiger partial charge in [-0.2, -0.15) is 11.8 Å². The Labute approximate surface area is 126 Å². The highest BCUT2D eigenvalue weighted by Crippen LogP contribution is 2.36. The van der Waals surface area contributed by atoms with Crippen molar-refractivity contribution in [2.75, 3.05) is 22.9 Å². The minimum Gasteiger partial charge on any atom is -0.398 e. The Hall–Kier alpha value is -0.880. The summed E-state index contributed by atoms with van der Waals surface area (Å²) in [4.78, 5) is 13.7. The fourth-order valence-electron chi connectivity index (χ4n) is 2.28. The number of primary amides is 1. The van der Waals surface area contributed by atoms with Crippen LogP contribution in [0.4, 0.5) is 11.4 Å². The molecule has 4 nitrogen and oxygen atoms in total. The van der Waals surface area contributed by atoms with Crippen LogP contribution in [0.1, 0.15) is 24.2 Å². The molecular formula is C13H18BrN3OS.